The van der Waals surface area contributed by atoms with Gasteiger partial charge in [-0.2, -0.15) is 0 Å². The molecule has 31 heavy (non-hydrogen) atoms. The van der Waals surface area contributed by atoms with Gasteiger partial charge in [0.1, 0.15) is 5.75 Å². The molecule has 0 fully saturated rings. The van der Waals surface area contributed by atoms with Gasteiger partial charge >= 0.3 is 6.03 Å². The summed E-state index contributed by atoms with van der Waals surface area (Å²) in [5, 5.41) is 13.6. The number of urea groups is 1. The molecule has 0 atom stereocenters. The second kappa shape index (κ2) is 11.0. The second-order valence-corrected chi connectivity index (χ2v) is 7.51. The van der Waals surface area contributed by atoms with Crippen LogP contribution in [-0.4, -0.2) is 39.2 Å². The first kappa shape index (κ1) is 22.2. The van der Waals surface area contributed by atoms with Crippen molar-refractivity contribution in [1.82, 2.24) is 25.5 Å². The summed E-state index contributed by atoms with van der Waals surface area (Å²) in [5.74, 6) is 7.39. The Morgan fingerprint density at radius 2 is 1.84 bits per heavy atom. The predicted octanol–water partition coefficient (Wildman–Crippen LogP) is 2.57. The zero-order chi connectivity index (χ0) is 22.1. The molecule has 0 aliphatic rings. The number of carbonyl (C=O) groups is 2. The molecular weight excluding hydrogens is 416 g/mol. The van der Waals surface area contributed by atoms with Crippen LogP contribution in [0.2, 0.25) is 0 Å². The summed E-state index contributed by atoms with van der Waals surface area (Å²) >= 11 is 1.29. The number of aromatic nitrogens is 3. The van der Waals surface area contributed by atoms with Crippen molar-refractivity contribution in [2.45, 2.75) is 25.0 Å². The number of rotatable bonds is 9. The maximum atomic E-state index is 12.0. The maximum Gasteiger partial charge on any atom is 0.321 e. The van der Waals surface area contributed by atoms with Gasteiger partial charge in [0, 0.05) is 24.3 Å². The first-order valence-electron chi connectivity index (χ1n) is 9.75. The van der Waals surface area contributed by atoms with E-state index in [1.165, 1.54) is 16.4 Å². The molecule has 1 aromatic heterocycles. The Kier molecular flexibility index (Phi) is 7.88. The summed E-state index contributed by atoms with van der Waals surface area (Å²) in [7, 11) is 0. The van der Waals surface area contributed by atoms with E-state index in [9.17, 15) is 9.59 Å². The van der Waals surface area contributed by atoms with Crippen LogP contribution in [0.4, 0.5) is 4.79 Å². The third kappa shape index (κ3) is 6.48. The number of carbonyl (C=O) groups excluding carboxylic acids is 2. The topological polar surface area (TPSA) is 124 Å². The quantitative estimate of drug-likeness (QED) is 0.345. The van der Waals surface area contributed by atoms with E-state index in [2.05, 4.69) is 20.8 Å². The zero-order valence-electron chi connectivity index (χ0n) is 17.1. The molecular formula is C21H24N6O3S. The highest BCUT2D eigenvalue weighted by molar-refractivity contribution is 7.99. The SMILES string of the molecule is CCOc1ccc(-c2nnc(SCCC(=O)NC(=O)NCc3ccccc3)n2N)cc1. The van der Waals surface area contributed by atoms with Crippen LogP contribution in [0, 0.1) is 0 Å². The summed E-state index contributed by atoms with van der Waals surface area (Å²) in [6, 6.07) is 16.3. The standard InChI is InChI=1S/C21H24N6O3S/c1-2-30-17-10-8-16(9-11-17)19-25-26-21(27(19)22)31-13-12-18(28)24-20(29)23-14-15-6-4-3-5-7-15/h3-11H,2,12-14,22H2,1H3,(H2,23,24,28,29). The Morgan fingerprint density at radius 3 is 2.55 bits per heavy atom. The number of nitrogen functional groups attached to an aromatic ring is 1. The fourth-order valence-corrected chi connectivity index (χ4v) is 3.48. The van der Waals surface area contributed by atoms with Crippen LogP contribution in [0.15, 0.2) is 59.8 Å². The number of thioether (sulfide) groups is 1. The van der Waals surface area contributed by atoms with Gasteiger partial charge in [0.15, 0.2) is 5.82 Å². The van der Waals surface area contributed by atoms with Gasteiger partial charge in [-0.25, -0.2) is 9.47 Å². The van der Waals surface area contributed by atoms with Crippen LogP contribution in [0.25, 0.3) is 11.4 Å². The molecule has 1 heterocycles. The number of benzene rings is 2. The number of nitrogens with zero attached hydrogens (tertiary/aromatic N) is 3. The molecule has 0 saturated carbocycles. The lowest BCUT2D eigenvalue weighted by Crippen LogP contribution is -2.39. The van der Waals surface area contributed by atoms with E-state index >= 15 is 0 Å². The van der Waals surface area contributed by atoms with E-state index in [-0.39, 0.29) is 12.3 Å². The summed E-state index contributed by atoms with van der Waals surface area (Å²) in [6.45, 7) is 2.86. The van der Waals surface area contributed by atoms with Crippen molar-refractivity contribution in [1.29, 1.82) is 0 Å². The van der Waals surface area contributed by atoms with E-state index in [4.69, 9.17) is 10.6 Å². The monoisotopic (exact) mass is 440 g/mol. The van der Waals surface area contributed by atoms with E-state index < -0.39 is 6.03 Å². The van der Waals surface area contributed by atoms with Crippen LogP contribution < -0.4 is 21.2 Å². The number of hydrogen-bond donors (Lipinski definition) is 3. The number of nitrogens with two attached hydrogens (primary N) is 1. The smallest absolute Gasteiger partial charge is 0.321 e. The minimum Gasteiger partial charge on any atom is -0.494 e. The first-order chi connectivity index (χ1) is 15.1. The molecule has 0 spiro atoms. The molecule has 9 nitrogen and oxygen atoms in total. The number of nitrogens with one attached hydrogen (secondary N) is 2. The Morgan fingerprint density at radius 1 is 1.10 bits per heavy atom. The van der Waals surface area contributed by atoms with Crippen molar-refractivity contribution in [2.75, 3.05) is 18.2 Å². The van der Waals surface area contributed by atoms with E-state index in [1.807, 2.05) is 61.5 Å². The summed E-state index contributed by atoms with van der Waals surface area (Å²) in [6.07, 6.45) is 0.134. The van der Waals surface area contributed by atoms with Gasteiger partial charge in [-0.05, 0) is 36.8 Å². The van der Waals surface area contributed by atoms with Crippen LogP contribution in [0.1, 0.15) is 18.9 Å². The van der Waals surface area contributed by atoms with Crippen LogP contribution >= 0.6 is 11.8 Å². The molecule has 162 valence electrons. The molecule has 10 heteroatoms. The molecule has 0 radical (unpaired) electrons. The average Bonchev–Trinajstić information content (AvgIpc) is 3.14. The van der Waals surface area contributed by atoms with Crippen LogP contribution in [0.5, 0.6) is 5.75 Å². The molecule has 3 amide bonds. The van der Waals surface area contributed by atoms with Gasteiger partial charge in [0.25, 0.3) is 0 Å². The summed E-state index contributed by atoms with van der Waals surface area (Å²) in [5.41, 5.74) is 1.75. The second-order valence-electron chi connectivity index (χ2n) is 6.45. The molecule has 4 N–H and O–H groups in total. The molecule has 2 aromatic carbocycles. The number of amides is 3. The van der Waals surface area contributed by atoms with E-state index in [1.54, 1.807) is 0 Å². The Labute approximate surface area is 184 Å². The third-order valence-corrected chi connectivity index (χ3v) is 5.14. The fourth-order valence-electron chi connectivity index (χ4n) is 2.69. The van der Waals surface area contributed by atoms with E-state index in [0.717, 1.165) is 16.9 Å². The van der Waals surface area contributed by atoms with Crippen molar-refractivity contribution < 1.29 is 14.3 Å². The highest BCUT2D eigenvalue weighted by atomic mass is 32.2. The van der Waals surface area contributed by atoms with Gasteiger partial charge in [0.2, 0.25) is 11.1 Å². The van der Waals surface area contributed by atoms with Gasteiger partial charge in [-0.15, -0.1) is 10.2 Å². The Bertz CT molecular complexity index is 1010. The molecule has 0 aliphatic carbocycles. The number of imide groups is 1. The molecule has 3 rings (SSSR count). The van der Waals surface area contributed by atoms with Crippen molar-refractivity contribution in [3.8, 4) is 17.1 Å². The summed E-state index contributed by atoms with van der Waals surface area (Å²) in [4.78, 5) is 23.8. The molecule has 0 bridgehead atoms. The number of ether oxygens (including phenoxy) is 1. The molecule has 0 saturated heterocycles. The average molecular weight is 441 g/mol. The van der Waals surface area contributed by atoms with E-state index in [0.29, 0.717) is 29.9 Å². The van der Waals surface area contributed by atoms with Crippen LogP contribution in [-0.2, 0) is 11.3 Å². The van der Waals surface area contributed by atoms with Crippen molar-refractivity contribution in [3.63, 3.8) is 0 Å². The van der Waals surface area contributed by atoms with Crippen molar-refractivity contribution in [2.24, 2.45) is 0 Å². The highest BCUT2D eigenvalue weighted by Crippen LogP contribution is 2.23. The van der Waals surface area contributed by atoms with Gasteiger partial charge in [-0.3, -0.25) is 10.1 Å². The number of hydrogen-bond acceptors (Lipinski definition) is 7. The lowest BCUT2D eigenvalue weighted by atomic mass is 10.2. The largest absolute Gasteiger partial charge is 0.494 e. The normalized spacial score (nSPS) is 10.5. The zero-order valence-corrected chi connectivity index (χ0v) is 17.9. The summed E-state index contributed by atoms with van der Waals surface area (Å²) < 4.78 is 6.81. The van der Waals surface area contributed by atoms with Crippen LogP contribution in [0.3, 0.4) is 0 Å². The molecule has 0 aliphatic heterocycles. The Balaban J connectivity index is 1.44. The van der Waals surface area contributed by atoms with Crippen molar-refractivity contribution in [3.05, 3.63) is 60.2 Å². The van der Waals surface area contributed by atoms with Gasteiger partial charge < -0.3 is 15.9 Å². The first-order valence-corrected chi connectivity index (χ1v) is 10.7. The van der Waals surface area contributed by atoms with Gasteiger partial charge in [-0.1, -0.05) is 42.1 Å². The third-order valence-electron chi connectivity index (χ3n) is 4.20. The fraction of sp³-hybridized carbons (Fsp3) is 0.238. The molecule has 0 unspecified atom stereocenters. The Hall–Kier alpha value is -3.53. The molecule has 3 aromatic rings. The lowest BCUT2D eigenvalue weighted by Gasteiger charge is -2.07. The minimum atomic E-state index is -0.529. The minimum absolute atomic E-state index is 0.134. The van der Waals surface area contributed by atoms with Gasteiger partial charge in [0.05, 0.1) is 6.61 Å². The maximum absolute atomic E-state index is 12.0. The predicted molar refractivity (Wildman–Crippen MR) is 119 cm³/mol. The lowest BCUT2D eigenvalue weighted by molar-refractivity contribution is -0.119. The highest BCUT2D eigenvalue weighted by Gasteiger charge is 2.14. The van der Waals surface area contributed by atoms with Crippen molar-refractivity contribution >= 4 is 23.7 Å².